The van der Waals surface area contributed by atoms with E-state index < -0.39 is 12.8 Å². The maximum Gasteiger partial charge on any atom is 0.117 e. The number of rotatable bonds is 4. The lowest BCUT2D eigenvalue weighted by molar-refractivity contribution is 0.129. The smallest absolute Gasteiger partial charge is 0.117 e. The van der Waals surface area contributed by atoms with Gasteiger partial charge in [-0.1, -0.05) is 12.8 Å². The molecular formula is C10H18FNO. The summed E-state index contributed by atoms with van der Waals surface area (Å²) in [5.41, 5.74) is 0.300. The number of hydrogen-bond donors (Lipinski definition) is 2. The van der Waals surface area contributed by atoms with Gasteiger partial charge >= 0.3 is 0 Å². The highest BCUT2D eigenvalue weighted by atomic mass is 19.1. The molecule has 3 unspecified atom stereocenters. The minimum Gasteiger partial charge on any atom is -0.389 e. The highest BCUT2D eigenvalue weighted by Gasteiger charge is 2.54. The van der Waals surface area contributed by atoms with Crippen molar-refractivity contribution in [2.24, 2.45) is 5.92 Å². The summed E-state index contributed by atoms with van der Waals surface area (Å²) in [5, 5.41) is 12.4. The SMILES string of the molecule is OC(CF)CNC12CCCCC1C2. The fourth-order valence-electron chi connectivity index (χ4n) is 2.58. The first-order chi connectivity index (χ1) is 6.27. The van der Waals surface area contributed by atoms with E-state index in [1.54, 1.807) is 0 Å². The molecule has 0 aromatic carbocycles. The molecule has 2 rings (SSSR count). The Labute approximate surface area is 78.5 Å². The van der Waals surface area contributed by atoms with Crippen molar-refractivity contribution in [1.29, 1.82) is 0 Å². The Balaban J connectivity index is 1.75. The van der Waals surface area contributed by atoms with Gasteiger partial charge in [-0.05, 0) is 25.2 Å². The van der Waals surface area contributed by atoms with E-state index in [1.165, 1.54) is 32.1 Å². The molecule has 2 aliphatic rings. The standard InChI is InChI=1S/C10H18FNO/c11-6-9(13)7-12-10-4-2-1-3-8(10)5-10/h8-9,12-13H,1-7H2. The van der Waals surface area contributed by atoms with Gasteiger partial charge < -0.3 is 10.4 Å². The first-order valence-electron chi connectivity index (χ1n) is 5.26. The third-order valence-corrected chi connectivity index (χ3v) is 3.53. The first kappa shape index (κ1) is 9.41. The summed E-state index contributed by atoms with van der Waals surface area (Å²) in [6, 6.07) is 0. The molecule has 0 aliphatic heterocycles. The van der Waals surface area contributed by atoms with E-state index in [0.29, 0.717) is 12.1 Å². The average molecular weight is 187 g/mol. The molecule has 0 amide bonds. The summed E-state index contributed by atoms with van der Waals surface area (Å²) in [7, 11) is 0. The second-order valence-corrected chi connectivity index (χ2v) is 4.49. The molecule has 3 heteroatoms. The molecule has 0 spiro atoms. The van der Waals surface area contributed by atoms with Crippen molar-refractivity contribution in [1.82, 2.24) is 5.32 Å². The highest BCUT2D eigenvalue weighted by Crippen LogP contribution is 2.53. The fraction of sp³-hybridized carbons (Fsp3) is 1.00. The molecule has 0 saturated heterocycles. The van der Waals surface area contributed by atoms with Crippen LogP contribution in [-0.2, 0) is 0 Å². The van der Waals surface area contributed by atoms with Gasteiger partial charge in [0.1, 0.15) is 6.67 Å². The summed E-state index contributed by atoms with van der Waals surface area (Å²) in [4.78, 5) is 0. The van der Waals surface area contributed by atoms with Gasteiger partial charge in [0.05, 0.1) is 6.10 Å². The first-order valence-corrected chi connectivity index (χ1v) is 5.26. The van der Waals surface area contributed by atoms with E-state index in [2.05, 4.69) is 5.32 Å². The minimum absolute atomic E-state index is 0.300. The lowest BCUT2D eigenvalue weighted by Gasteiger charge is -2.24. The van der Waals surface area contributed by atoms with Crippen molar-refractivity contribution < 1.29 is 9.50 Å². The van der Waals surface area contributed by atoms with Crippen LogP contribution in [0.15, 0.2) is 0 Å². The topological polar surface area (TPSA) is 32.3 Å². The molecule has 0 aromatic heterocycles. The molecule has 2 saturated carbocycles. The molecule has 2 nitrogen and oxygen atoms in total. The minimum atomic E-state index is -0.808. The Morgan fingerprint density at radius 1 is 1.54 bits per heavy atom. The van der Waals surface area contributed by atoms with Gasteiger partial charge in [-0.3, -0.25) is 0 Å². The van der Waals surface area contributed by atoms with Crippen molar-refractivity contribution in [3.05, 3.63) is 0 Å². The number of aliphatic hydroxyl groups is 1. The van der Waals surface area contributed by atoms with Crippen LogP contribution in [0.25, 0.3) is 0 Å². The Morgan fingerprint density at radius 2 is 2.38 bits per heavy atom. The quantitative estimate of drug-likeness (QED) is 0.694. The third kappa shape index (κ3) is 1.86. The second-order valence-electron chi connectivity index (χ2n) is 4.49. The van der Waals surface area contributed by atoms with Crippen LogP contribution in [0.5, 0.6) is 0 Å². The fourth-order valence-corrected chi connectivity index (χ4v) is 2.58. The van der Waals surface area contributed by atoms with E-state index in [-0.39, 0.29) is 0 Å². The molecule has 2 aliphatic carbocycles. The predicted molar refractivity (Wildman–Crippen MR) is 49.3 cm³/mol. The zero-order chi connectivity index (χ0) is 9.31. The molecule has 2 fully saturated rings. The number of alkyl halides is 1. The van der Waals surface area contributed by atoms with E-state index >= 15 is 0 Å². The lowest BCUT2D eigenvalue weighted by Crippen LogP contribution is -2.40. The number of β-amino-alcohol motifs (C(OH)–C–C–N with tert-alkyl or cyclic N) is 1. The zero-order valence-corrected chi connectivity index (χ0v) is 7.93. The lowest BCUT2D eigenvalue weighted by atomic mass is 9.95. The van der Waals surface area contributed by atoms with Crippen molar-refractivity contribution in [2.45, 2.75) is 43.7 Å². The number of halogens is 1. The second kappa shape index (κ2) is 3.54. The van der Waals surface area contributed by atoms with Crippen LogP contribution in [0.2, 0.25) is 0 Å². The van der Waals surface area contributed by atoms with Gasteiger partial charge in [0, 0.05) is 12.1 Å². The van der Waals surface area contributed by atoms with Crippen LogP contribution >= 0.6 is 0 Å². The largest absolute Gasteiger partial charge is 0.389 e. The molecule has 13 heavy (non-hydrogen) atoms. The van der Waals surface area contributed by atoms with Gasteiger partial charge in [-0.2, -0.15) is 0 Å². The molecular weight excluding hydrogens is 169 g/mol. The van der Waals surface area contributed by atoms with Crippen LogP contribution in [0.3, 0.4) is 0 Å². The van der Waals surface area contributed by atoms with Crippen LogP contribution in [0.4, 0.5) is 4.39 Å². The number of fused-ring (bicyclic) bond motifs is 1. The summed E-state index contributed by atoms with van der Waals surface area (Å²) in [6.07, 6.45) is 5.61. The molecule has 0 heterocycles. The van der Waals surface area contributed by atoms with Gasteiger partial charge in [-0.25, -0.2) is 4.39 Å². The molecule has 76 valence electrons. The maximum absolute atomic E-state index is 12.0. The normalized spacial score (nSPS) is 39.7. The molecule has 0 aromatic rings. The van der Waals surface area contributed by atoms with Crippen LogP contribution in [-0.4, -0.2) is 30.0 Å². The van der Waals surface area contributed by atoms with Crippen molar-refractivity contribution >= 4 is 0 Å². The summed E-state index contributed by atoms with van der Waals surface area (Å²) < 4.78 is 12.0. The summed E-state index contributed by atoms with van der Waals surface area (Å²) >= 11 is 0. The Hall–Kier alpha value is -0.150. The number of aliphatic hydroxyl groups excluding tert-OH is 1. The van der Waals surface area contributed by atoms with E-state index in [0.717, 1.165) is 5.92 Å². The molecule has 0 radical (unpaired) electrons. The Kier molecular flexibility index (Phi) is 2.56. The maximum atomic E-state index is 12.0. The van der Waals surface area contributed by atoms with E-state index in [1.807, 2.05) is 0 Å². The van der Waals surface area contributed by atoms with E-state index in [4.69, 9.17) is 5.11 Å². The van der Waals surface area contributed by atoms with Gasteiger partial charge in [0.2, 0.25) is 0 Å². The Morgan fingerprint density at radius 3 is 3.08 bits per heavy atom. The Bertz CT molecular complexity index is 188. The van der Waals surface area contributed by atoms with E-state index in [9.17, 15) is 4.39 Å². The average Bonchev–Trinajstić information content (AvgIpc) is 2.89. The molecule has 2 N–H and O–H groups in total. The van der Waals surface area contributed by atoms with Crippen molar-refractivity contribution in [3.63, 3.8) is 0 Å². The summed E-state index contributed by atoms with van der Waals surface area (Å²) in [6.45, 7) is -0.208. The van der Waals surface area contributed by atoms with Gasteiger partial charge in [0.15, 0.2) is 0 Å². The predicted octanol–water partition coefficient (Wildman–Crippen LogP) is 1.24. The number of hydrogen-bond acceptors (Lipinski definition) is 2. The summed E-state index contributed by atoms with van der Waals surface area (Å²) in [5.74, 6) is 0.813. The highest BCUT2D eigenvalue weighted by molar-refractivity contribution is 5.11. The molecule has 3 atom stereocenters. The van der Waals surface area contributed by atoms with Crippen LogP contribution in [0, 0.1) is 5.92 Å². The van der Waals surface area contributed by atoms with Gasteiger partial charge in [0.25, 0.3) is 0 Å². The van der Waals surface area contributed by atoms with Crippen molar-refractivity contribution in [3.8, 4) is 0 Å². The zero-order valence-electron chi connectivity index (χ0n) is 7.93. The molecule has 0 bridgehead atoms. The van der Waals surface area contributed by atoms with Crippen LogP contribution in [0.1, 0.15) is 32.1 Å². The van der Waals surface area contributed by atoms with Crippen molar-refractivity contribution in [2.75, 3.05) is 13.2 Å². The monoisotopic (exact) mass is 187 g/mol. The van der Waals surface area contributed by atoms with Gasteiger partial charge in [-0.15, -0.1) is 0 Å². The van der Waals surface area contributed by atoms with Crippen LogP contribution < -0.4 is 5.32 Å². The number of nitrogens with one attached hydrogen (secondary N) is 1. The third-order valence-electron chi connectivity index (χ3n) is 3.53.